The number of nitrogens with zero attached hydrogens (tertiary/aromatic N) is 2. The molecule has 1 aliphatic carbocycles. The molecule has 21 heavy (non-hydrogen) atoms. The Morgan fingerprint density at radius 1 is 1.29 bits per heavy atom. The molecule has 1 aromatic carbocycles. The van der Waals surface area contributed by atoms with E-state index in [4.69, 9.17) is 27.8 Å². The summed E-state index contributed by atoms with van der Waals surface area (Å²) in [4.78, 5) is 8.01. The van der Waals surface area contributed by atoms with Crippen molar-refractivity contribution >= 4 is 23.4 Å². The third kappa shape index (κ3) is 2.88. The lowest BCUT2D eigenvalue weighted by Crippen LogP contribution is -2.05. The van der Waals surface area contributed by atoms with Gasteiger partial charge in [0.05, 0.1) is 12.1 Å². The predicted octanol–water partition coefficient (Wildman–Crippen LogP) is 2.77. The van der Waals surface area contributed by atoms with E-state index in [-0.39, 0.29) is 5.95 Å². The Balaban J connectivity index is 1.99. The zero-order valence-electron chi connectivity index (χ0n) is 11.8. The van der Waals surface area contributed by atoms with Crippen LogP contribution >= 0.6 is 11.6 Å². The SMILES string of the molecule is COc1cc(C2CC2)c(Cc2cnc(N)nc2N)cc1Cl. The van der Waals surface area contributed by atoms with Crippen LogP contribution in [-0.2, 0) is 6.42 Å². The normalized spacial score (nSPS) is 14.2. The standard InChI is InChI=1S/C15H17ClN4O/c1-21-13-6-11(8-2-3-8)9(5-12(13)16)4-10-7-19-15(18)20-14(10)17/h5-8H,2-4H2,1H3,(H4,17,18,19,20). The number of methoxy groups -OCH3 is 1. The summed E-state index contributed by atoms with van der Waals surface area (Å²) < 4.78 is 5.31. The van der Waals surface area contributed by atoms with Gasteiger partial charge in [-0.1, -0.05) is 11.6 Å². The van der Waals surface area contributed by atoms with Gasteiger partial charge in [-0.2, -0.15) is 4.98 Å². The van der Waals surface area contributed by atoms with Crippen LogP contribution in [0.4, 0.5) is 11.8 Å². The second-order valence-corrected chi connectivity index (χ2v) is 5.68. The van der Waals surface area contributed by atoms with Crippen LogP contribution in [0.5, 0.6) is 5.75 Å². The molecule has 1 aromatic heterocycles. The number of nitrogen functional groups attached to an aromatic ring is 2. The van der Waals surface area contributed by atoms with Crippen molar-refractivity contribution in [1.82, 2.24) is 9.97 Å². The highest BCUT2D eigenvalue weighted by atomic mass is 35.5. The summed E-state index contributed by atoms with van der Waals surface area (Å²) in [7, 11) is 1.63. The molecule has 5 nitrogen and oxygen atoms in total. The van der Waals surface area contributed by atoms with Crippen molar-refractivity contribution in [1.29, 1.82) is 0 Å². The summed E-state index contributed by atoms with van der Waals surface area (Å²) >= 11 is 6.25. The van der Waals surface area contributed by atoms with Gasteiger partial charge in [-0.25, -0.2) is 4.98 Å². The Labute approximate surface area is 128 Å². The quantitative estimate of drug-likeness (QED) is 0.907. The van der Waals surface area contributed by atoms with Gasteiger partial charge < -0.3 is 16.2 Å². The Morgan fingerprint density at radius 2 is 2.05 bits per heavy atom. The highest BCUT2D eigenvalue weighted by Gasteiger charge is 2.27. The molecular formula is C15H17ClN4O. The maximum absolute atomic E-state index is 6.25. The van der Waals surface area contributed by atoms with Crippen LogP contribution in [0.2, 0.25) is 5.02 Å². The molecular weight excluding hydrogens is 288 g/mol. The first-order valence-corrected chi connectivity index (χ1v) is 7.19. The third-order valence-electron chi connectivity index (χ3n) is 3.73. The van der Waals surface area contributed by atoms with Crippen molar-refractivity contribution in [3.8, 4) is 5.75 Å². The Hall–Kier alpha value is -2.01. The second kappa shape index (κ2) is 5.41. The average molecular weight is 305 g/mol. The zero-order valence-corrected chi connectivity index (χ0v) is 12.5. The zero-order chi connectivity index (χ0) is 15.0. The molecule has 0 atom stereocenters. The minimum atomic E-state index is 0.187. The number of halogens is 1. The predicted molar refractivity (Wildman–Crippen MR) is 83.6 cm³/mol. The maximum Gasteiger partial charge on any atom is 0.221 e. The van der Waals surface area contributed by atoms with Crippen molar-refractivity contribution in [3.05, 3.63) is 40.0 Å². The van der Waals surface area contributed by atoms with E-state index >= 15 is 0 Å². The van der Waals surface area contributed by atoms with Gasteiger partial charge in [0.2, 0.25) is 5.95 Å². The van der Waals surface area contributed by atoms with Crippen molar-refractivity contribution < 1.29 is 4.74 Å². The molecule has 3 rings (SSSR count). The molecule has 110 valence electrons. The van der Waals surface area contributed by atoms with Crippen LogP contribution in [0, 0.1) is 0 Å². The van der Waals surface area contributed by atoms with E-state index in [0.29, 0.717) is 28.9 Å². The molecule has 1 fully saturated rings. The summed E-state index contributed by atoms with van der Waals surface area (Å²) in [5.74, 6) is 1.90. The molecule has 6 heteroatoms. The molecule has 0 amide bonds. The molecule has 2 aromatic rings. The summed E-state index contributed by atoms with van der Waals surface area (Å²) in [5.41, 5.74) is 14.7. The van der Waals surface area contributed by atoms with Gasteiger partial charge in [-0.15, -0.1) is 0 Å². The van der Waals surface area contributed by atoms with E-state index in [1.54, 1.807) is 13.3 Å². The number of ether oxygens (including phenoxy) is 1. The van der Waals surface area contributed by atoms with Crippen LogP contribution in [-0.4, -0.2) is 17.1 Å². The summed E-state index contributed by atoms with van der Waals surface area (Å²) in [6.07, 6.45) is 4.71. The van der Waals surface area contributed by atoms with E-state index in [1.807, 2.05) is 12.1 Å². The topological polar surface area (TPSA) is 87.0 Å². The molecule has 0 radical (unpaired) electrons. The smallest absolute Gasteiger partial charge is 0.221 e. The lowest BCUT2D eigenvalue weighted by atomic mass is 9.97. The lowest BCUT2D eigenvalue weighted by Gasteiger charge is -2.13. The van der Waals surface area contributed by atoms with Crippen LogP contribution in [0.1, 0.15) is 35.4 Å². The second-order valence-electron chi connectivity index (χ2n) is 5.28. The summed E-state index contributed by atoms with van der Waals surface area (Å²) in [6, 6.07) is 3.98. The molecule has 4 N–H and O–H groups in total. The van der Waals surface area contributed by atoms with Gasteiger partial charge in [0.15, 0.2) is 0 Å². The van der Waals surface area contributed by atoms with Crippen LogP contribution < -0.4 is 16.2 Å². The Bertz CT molecular complexity index is 686. The number of hydrogen-bond acceptors (Lipinski definition) is 5. The molecule has 0 unspecified atom stereocenters. The number of rotatable bonds is 4. The van der Waals surface area contributed by atoms with E-state index in [9.17, 15) is 0 Å². The van der Waals surface area contributed by atoms with Crippen molar-refractivity contribution in [2.75, 3.05) is 18.6 Å². The minimum absolute atomic E-state index is 0.187. The molecule has 1 saturated carbocycles. The largest absolute Gasteiger partial charge is 0.495 e. The first-order valence-electron chi connectivity index (χ1n) is 6.81. The van der Waals surface area contributed by atoms with Gasteiger partial charge in [-0.05, 0) is 42.0 Å². The third-order valence-corrected chi connectivity index (χ3v) is 4.02. The van der Waals surface area contributed by atoms with Crippen molar-refractivity contribution in [2.45, 2.75) is 25.2 Å². The molecule has 0 saturated heterocycles. The summed E-state index contributed by atoms with van der Waals surface area (Å²) in [5, 5.41) is 0.604. The average Bonchev–Trinajstić information content (AvgIpc) is 3.26. The highest BCUT2D eigenvalue weighted by Crippen LogP contribution is 2.45. The lowest BCUT2D eigenvalue weighted by molar-refractivity contribution is 0.414. The molecule has 1 heterocycles. The van der Waals surface area contributed by atoms with Crippen LogP contribution in [0.3, 0.4) is 0 Å². The first-order chi connectivity index (χ1) is 10.1. The fraction of sp³-hybridized carbons (Fsp3) is 0.333. The number of aromatic nitrogens is 2. The van der Waals surface area contributed by atoms with Crippen LogP contribution in [0.15, 0.2) is 18.3 Å². The van der Waals surface area contributed by atoms with Gasteiger partial charge in [-0.3, -0.25) is 0 Å². The van der Waals surface area contributed by atoms with Gasteiger partial charge >= 0.3 is 0 Å². The fourth-order valence-corrected chi connectivity index (χ4v) is 2.73. The highest BCUT2D eigenvalue weighted by molar-refractivity contribution is 6.32. The Morgan fingerprint density at radius 3 is 2.67 bits per heavy atom. The van der Waals surface area contributed by atoms with Crippen molar-refractivity contribution in [3.63, 3.8) is 0 Å². The fourth-order valence-electron chi connectivity index (χ4n) is 2.47. The van der Waals surface area contributed by atoms with Gasteiger partial charge in [0, 0.05) is 18.2 Å². The van der Waals surface area contributed by atoms with E-state index in [0.717, 1.165) is 11.1 Å². The monoisotopic (exact) mass is 304 g/mol. The maximum atomic E-state index is 6.25. The number of nitrogens with two attached hydrogens (primary N) is 2. The molecule has 0 bridgehead atoms. The van der Waals surface area contributed by atoms with E-state index < -0.39 is 0 Å². The minimum Gasteiger partial charge on any atom is -0.495 e. The Kier molecular flexibility index (Phi) is 3.59. The number of anilines is 2. The molecule has 1 aliphatic rings. The van der Waals surface area contributed by atoms with E-state index in [1.165, 1.54) is 18.4 Å². The summed E-state index contributed by atoms with van der Waals surface area (Å²) in [6.45, 7) is 0. The van der Waals surface area contributed by atoms with Crippen LogP contribution in [0.25, 0.3) is 0 Å². The van der Waals surface area contributed by atoms with Crippen molar-refractivity contribution in [2.24, 2.45) is 0 Å². The first kappa shape index (κ1) is 13.9. The number of benzene rings is 1. The molecule has 0 aliphatic heterocycles. The van der Waals surface area contributed by atoms with E-state index in [2.05, 4.69) is 9.97 Å². The molecule has 0 spiro atoms. The van der Waals surface area contributed by atoms with Gasteiger partial charge in [0.1, 0.15) is 11.6 Å². The van der Waals surface area contributed by atoms with Gasteiger partial charge in [0.25, 0.3) is 0 Å². The number of hydrogen-bond donors (Lipinski definition) is 2.